The number of carboxylic acid groups (broad SMARTS) is 1. The van der Waals surface area contributed by atoms with Crippen molar-refractivity contribution < 1.29 is 19.4 Å². The number of carbonyl (C=O) groups excluding carboxylic acids is 1. The van der Waals surface area contributed by atoms with Gasteiger partial charge in [-0.15, -0.1) is 0 Å². The second-order valence-electron chi connectivity index (χ2n) is 7.57. The molecule has 0 aromatic heterocycles. The zero-order valence-electron chi connectivity index (χ0n) is 16.8. The van der Waals surface area contributed by atoms with E-state index in [1.54, 1.807) is 24.3 Å². The Morgan fingerprint density at radius 3 is 2.10 bits per heavy atom. The molecular weight excluding hydrogens is 414 g/mol. The minimum Gasteiger partial charge on any atom is -0.481 e. The Morgan fingerprint density at radius 2 is 1.52 bits per heavy atom. The molecule has 31 heavy (non-hydrogen) atoms. The highest BCUT2D eigenvalue weighted by Crippen LogP contribution is 2.44. The summed E-state index contributed by atoms with van der Waals surface area (Å²) < 4.78 is 5.48. The molecular formula is C25H22ClNO4. The van der Waals surface area contributed by atoms with Crippen molar-refractivity contribution >= 4 is 23.7 Å². The van der Waals surface area contributed by atoms with Gasteiger partial charge in [-0.2, -0.15) is 0 Å². The van der Waals surface area contributed by atoms with Gasteiger partial charge in [-0.3, -0.25) is 4.79 Å². The standard InChI is InChI=1S/C25H22ClNO4/c26-18-11-9-16(10-12-18)13-17(24(28)29)14-27-25(30)31-15-23-21-7-3-1-5-19(21)20-6-2-4-8-22(20)23/h1-12,17,23H,13-15H2,(H,27,30)(H,28,29)/t17-/m1/s1. The number of halogens is 1. The molecule has 1 aliphatic carbocycles. The Bertz CT molecular complexity index is 1050. The van der Waals surface area contributed by atoms with E-state index in [-0.39, 0.29) is 25.5 Å². The van der Waals surface area contributed by atoms with Crippen molar-refractivity contribution in [3.63, 3.8) is 0 Å². The smallest absolute Gasteiger partial charge is 0.407 e. The van der Waals surface area contributed by atoms with Crippen molar-refractivity contribution in [2.45, 2.75) is 12.3 Å². The van der Waals surface area contributed by atoms with Gasteiger partial charge in [0.05, 0.1) is 5.92 Å². The number of fused-ring (bicyclic) bond motifs is 3. The van der Waals surface area contributed by atoms with Gasteiger partial charge in [-0.05, 0) is 46.4 Å². The lowest BCUT2D eigenvalue weighted by molar-refractivity contribution is -0.141. The molecule has 1 amide bonds. The number of alkyl carbamates (subject to hydrolysis) is 1. The number of hydrogen-bond acceptors (Lipinski definition) is 3. The third-order valence-corrected chi connectivity index (χ3v) is 5.83. The van der Waals surface area contributed by atoms with E-state index in [1.165, 1.54) is 0 Å². The van der Waals surface area contributed by atoms with Gasteiger partial charge in [-0.1, -0.05) is 72.3 Å². The van der Waals surface area contributed by atoms with E-state index in [0.29, 0.717) is 5.02 Å². The van der Waals surface area contributed by atoms with Crippen LogP contribution < -0.4 is 5.32 Å². The van der Waals surface area contributed by atoms with E-state index in [9.17, 15) is 14.7 Å². The van der Waals surface area contributed by atoms with Crippen LogP contribution in [0.4, 0.5) is 4.79 Å². The van der Waals surface area contributed by atoms with Gasteiger partial charge in [-0.25, -0.2) is 4.79 Å². The quantitative estimate of drug-likeness (QED) is 0.540. The van der Waals surface area contributed by atoms with Crippen molar-refractivity contribution in [1.82, 2.24) is 5.32 Å². The largest absolute Gasteiger partial charge is 0.481 e. The van der Waals surface area contributed by atoms with E-state index < -0.39 is 18.0 Å². The first-order valence-electron chi connectivity index (χ1n) is 10.1. The Balaban J connectivity index is 1.36. The third kappa shape index (κ3) is 4.72. The fourth-order valence-electron chi connectivity index (χ4n) is 4.01. The lowest BCUT2D eigenvalue weighted by atomic mass is 9.98. The summed E-state index contributed by atoms with van der Waals surface area (Å²) >= 11 is 5.88. The van der Waals surface area contributed by atoms with Crippen LogP contribution in [0.2, 0.25) is 5.02 Å². The molecule has 0 aliphatic heterocycles. The average Bonchev–Trinajstić information content (AvgIpc) is 3.10. The van der Waals surface area contributed by atoms with Gasteiger partial charge in [0.2, 0.25) is 0 Å². The number of rotatable bonds is 7. The van der Waals surface area contributed by atoms with Crippen LogP contribution in [0, 0.1) is 5.92 Å². The highest BCUT2D eigenvalue weighted by molar-refractivity contribution is 6.30. The molecule has 0 saturated carbocycles. The van der Waals surface area contributed by atoms with Gasteiger partial charge in [0.1, 0.15) is 6.61 Å². The highest BCUT2D eigenvalue weighted by Gasteiger charge is 2.29. The Labute approximate surface area is 185 Å². The Morgan fingerprint density at radius 1 is 0.935 bits per heavy atom. The topological polar surface area (TPSA) is 75.6 Å². The van der Waals surface area contributed by atoms with Crippen molar-refractivity contribution in [2.75, 3.05) is 13.2 Å². The first kappa shape index (κ1) is 20.9. The van der Waals surface area contributed by atoms with E-state index in [1.807, 2.05) is 36.4 Å². The molecule has 0 fully saturated rings. The summed E-state index contributed by atoms with van der Waals surface area (Å²) in [5, 5.41) is 12.7. The average molecular weight is 436 g/mol. The monoisotopic (exact) mass is 435 g/mol. The molecule has 0 spiro atoms. The highest BCUT2D eigenvalue weighted by atomic mass is 35.5. The number of amides is 1. The fourth-order valence-corrected chi connectivity index (χ4v) is 4.13. The van der Waals surface area contributed by atoms with Crippen molar-refractivity contribution in [3.05, 3.63) is 94.5 Å². The summed E-state index contributed by atoms with van der Waals surface area (Å²) in [5.41, 5.74) is 5.40. The predicted molar refractivity (Wildman–Crippen MR) is 119 cm³/mol. The van der Waals surface area contributed by atoms with E-state index in [2.05, 4.69) is 17.4 Å². The van der Waals surface area contributed by atoms with E-state index >= 15 is 0 Å². The summed E-state index contributed by atoms with van der Waals surface area (Å²) in [6.45, 7) is 0.170. The van der Waals surface area contributed by atoms with Gasteiger partial charge in [0.25, 0.3) is 0 Å². The molecule has 4 rings (SSSR count). The van der Waals surface area contributed by atoms with Crippen molar-refractivity contribution in [1.29, 1.82) is 0 Å². The summed E-state index contributed by atoms with van der Waals surface area (Å²) in [6.07, 6.45) is -0.333. The molecule has 0 radical (unpaired) electrons. The maximum absolute atomic E-state index is 12.3. The lowest BCUT2D eigenvalue weighted by Gasteiger charge is -2.16. The zero-order valence-corrected chi connectivity index (χ0v) is 17.5. The fraction of sp³-hybridized carbons (Fsp3) is 0.200. The van der Waals surface area contributed by atoms with Crippen LogP contribution >= 0.6 is 11.6 Å². The molecule has 3 aromatic carbocycles. The third-order valence-electron chi connectivity index (χ3n) is 5.58. The molecule has 0 unspecified atom stereocenters. The van der Waals surface area contributed by atoms with Crippen LogP contribution in [0.5, 0.6) is 0 Å². The maximum Gasteiger partial charge on any atom is 0.407 e. The second-order valence-corrected chi connectivity index (χ2v) is 8.01. The summed E-state index contributed by atoms with van der Waals surface area (Å²) in [6, 6.07) is 23.2. The van der Waals surface area contributed by atoms with E-state index in [4.69, 9.17) is 16.3 Å². The lowest BCUT2D eigenvalue weighted by Crippen LogP contribution is -2.35. The van der Waals surface area contributed by atoms with Gasteiger partial charge in [0, 0.05) is 17.5 Å². The molecule has 1 atom stereocenters. The van der Waals surface area contributed by atoms with Crippen LogP contribution in [-0.4, -0.2) is 30.3 Å². The number of nitrogens with one attached hydrogen (secondary N) is 1. The van der Waals surface area contributed by atoms with Gasteiger partial charge >= 0.3 is 12.1 Å². The SMILES string of the molecule is O=C(NC[C@@H](Cc1ccc(Cl)cc1)C(=O)O)OCC1c2ccccc2-c2ccccc21. The second kappa shape index (κ2) is 9.23. The molecule has 158 valence electrons. The first-order valence-corrected chi connectivity index (χ1v) is 10.5. The summed E-state index contributed by atoms with van der Waals surface area (Å²) in [4.78, 5) is 23.9. The number of carbonyl (C=O) groups is 2. The summed E-state index contributed by atoms with van der Waals surface area (Å²) in [7, 11) is 0. The number of ether oxygens (including phenoxy) is 1. The van der Waals surface area contributed by atoms with Crippen molar-refractivity contribution in [3.8, 4) is 11.1 Å². The van der Waals surface area contributed by atoms with Crippen LogP contribution in [0.3, 0.4) is 0 Å². The zero-order chi connectivity index (χ0) is 21.8. The summed E-state index contributed by atoms with van der Waals surface area (Å²) in [5.74, 6) is -1.78. The molecule has 0 heterocycles. The van der Waals surface area contributed by atoms with Crippen LogP contribution in [-0.2, 0) is 16.0 Å². The predicted octanol–water partition coefficient (Wildman–Crippen LogP) is 5.12. The minimum atomic E-state index is -0.978. The number of benzene rings is 3. The molecule has 5 nitrogen and oxygen atoms in total. The Kier molecular flexibility index (Phi) is 6.23. The molecule has 1 aliphatic rings. The van der Waals surface area contributed by atoms with Gasteiger partial charge in [0.15, 0.2) is 0 Å². The first-order chi connectivity index (χ1) is 15.0. The van der Waals surface area contributed by atoms with E-state index in [0.717, 1.165) is 27.8 Å². The number of aliphatic carboxylic acids is 1. The number of hydrogen-bond donors (Lipinski definition) is 2. The van der Waals surface area contributed by atoms with Crippen LogP contribution in [0.1, 0.15) is 22.6 Å². The molecule has 6 heteroatoms. The van der Waals surface area contributed by atoms with Crippen LogP contribution in [0.25, 0.3) is 11.1 Å². The molecule has 0 saturated heterocycles. The molecule has 3 aromatic rings. The van der Waals surface area contributed by atoms with Crippen LogP contribution in [0.15, 0.2) is 72.8 Å². The minimum absolute atomic E-state index is 0.0192. The van der Waals surface area contributed by atoms with Crippen molar-refractivity contribution in [2.24, 2.45) is 5.92 Å². The maximum atomic E-state index is 12.3. The molecule has 2 N–H and O–H groups in total. The normalized spacial score (nSPS) is 13.2. The number of carboxylic acids is 1. The van der Waals surface area contributed by atoms with Gasteiger partial charge < -0.3 is 15.2 Å². The Hall–Kier alpha value is -3.31. The molecule has 0 bridgehead atoms.